The molecule has 1 atom stereocenters. The number of hydrogen-bond donors (Lipinski definition) is 1. The molecule has 10 nitrogen and oxygen atoms in total. The number of methoxy groups -OCH3 is 2. The molecule has 11 heteroatoms. The lowest BCUT2D eigenvalue weighted by Gasteiger charge is -2.16. The number of para-hydroxylation sites is 1. The Morgan fingerprint density at radius 3 is 2.41 bits per heavy atom. The van der Waals surface area contributed by atoms with E-state index in [9.17, 15) is 4.21 Å². The van der Waals surface area contributed by atoms with Crippen LogP contribution in [0.2, 0.25) is 0 Å². The smallest absolute Gasteiger partial charge is 0.213 e. The van der Waals surface area contributed by atoms with Gasteiger partial charge in [0.15, 0.2) is 22.9 Å². The molecule has 0 aliphatic heterocycles. The Bertz CT molecular complexity index is 1270. The average molecular weight is 455 g/mol. The minimum absolute atomic E-state index is 0.343. The minimum Gasteiger partial charge on any atom is -0.494 e. The van der Waals surface area contributed by atoms with Crippen LogP contribution in [0, 0.1) is 0 Å². The maximum Gasteiger partial charge on any atom is 0.213 e. The lowest BCUT2D eigenvalue weighted by atomic mass is 10.2. The molecule has 4 aromatic rings. The number of anilines is 1. The van der Waals surface area contributed by atoms with Crippen LogP contribution in [0.5, 0.6) is 17.4 Å². The number of fused-ring (bicyclic) bond motifs is 1. The van der Waals surface area contributed by atoms with Crippen LogP contribution in [0.1, 0.15) is 6.92 Å². The number of nitrogens with zero attached hydrogens (tertiary/aromatic N) is 5. The Morgan fingerprint density at radius 1 is 1.03 bits per heavy atom. The van der Waals surface area contributed by atoms with E-state index in [1.54, 1.807) is 24.9 Å². The third-order valence-electron chi connectivity index (χ3n) is 4.49. The summed E-state index contributed by atoms with van der Waals surface area (Å²) in [5.41, 5.74) is 1.94. The van der Waals surface area contributed by atoms with E-state index in [1.165, 1.54) is 12.5 Å². The number of hydrogen-bond acceptors (Lipinski definition) is 8. The summed E-state index contributed by atoms with van der Waals surface area (Å²) in [6.45, 7) is 2.38. The molecule has 0 radical (unpaired) electrons. The second-order valence-corrected chi connectivity index (χ2v) is 7.65. The standard InChI is InChI=1S/C21H22N6O4S/c1-5-31-17-11-6-8-13(23-17)20-25-19-21(24-16(12-22-19)26-32(4)28)27(20)18-14(29-2)9-7-10-15(18)30-3/h6-12H,5H2,1-4H3,(H,24,26). The molecule has 4 rings (SSSR count). The first kappa shape index (κ1) is 21.5. The Balaban J connectivity index is 2.06. The van der Waals surface area contributed by atoms with Gasteiger partial charge in [-0.2, -0.15) is 0 Å². The molecule has 1 aromatic carbocycles. The summed E-state index contributed by atoms with van der Waals surface area (Å²) in [5.74, 6) is 2.38. The fourth-order valence-corrected chi connectivity index (χ4v) is 3.65. The number of benzene rings is 1. The fraction of sp³-hybridized carbons (Fsp3) is 0.238. The van der Waals surface area contributed by atoms with Crippen molar-refractivity contribution < 1.29 is 18.4 Å². The first-order chi connectivity index (χ1) is 15.5. The molecule has 166 valence electrons. The highest BCUT2D eigenvalue weighted by Crippen LogP contribution is 2.37. The normalized spacial score (nSPS) is 11.9. The highest BCUT2D eigenvalue weighted by Gasteiger charge is 2.24. The molecule has 0 aliphatic rings. The zero-order valence-electron chi connectivity index (χ0n) is 18.0. The molecule has 32 heavy (non-hydrogen) atoms. The predicted octanol–water partition coefficient (Wildman–Crippen LogP) is 3.00. The van der Waals surface area contributed by atoms with E-state index >= 15 is 0 Å². The largest absolute Gasteiger partial charge is 0.494 e. The number of aromatic nitrogens is 5. The van der Waals surface area contributed by atoms with Crippen LogP contribution in [0.4, 0.5) is 5.82 Å². The van der Waals surface area contributed by atoms with E-state index in [0.29, 0.717) is 58.3 Å². The molecular formula is C21H22N6O4S. The third kappa shape index (κ3) is 4.06. The van der Waals surface area contributed by atoms with Crippen LogP contribution in [0.25, 0.3) is 28.5 Å². The predicted molar refractivity (Wildman–Crippen MR) is 122 cm³/mol. The van der Waals surface area contributed by atoms with Crippen molar-refractivity contribution >= 4 is 28.1 Å². The monoisotopic (exact) mass is 454 g/mol. The molecule has 0 amide bonds. The highest BCUT2D eigenvalue weighted by atomic mass is 32.2. The van der Waals surface area contributed by atoms with Gasteiger partial charge in [-0.05, 0) is 25.1 Å². The quantitative estimate of drug-likeness (QED) is 0.432. The molecule has 0 bridgehead atoms. The Hall–Kier alpha value is -3.73. The van der Waals surface area contributed by atoms with Crippen molar-refractivity contribution in [2.24, 2.45) is 0 Å². The van der Waals surface area contributed by atoms with Gasteiger partial charge >= 0.3 is 0 Å². The van der Waals surface area contributed by atoms with Gasteiger partial charge in [0, 0.05) is 12.3 Å². The first-order valence-electron chi connectivity index (χ1n) is 9.72. The van der Waals surface area contributed by atoms with Gasteiger partial charge in [0.05, 0.1) is 27.0 Å². The molecule has 1 unspecified atom stereocenters. The average Bonchev–Trinajstić information content (AvgIpc) is 3.17. The van der Waals surface area contributed by atoms with Gasteiger partial charge < -0.3 is 14.2 Å². The third-order valence-corrected chi connectivity index (χ3v) is 4.99. The molecular weight excluding hydrogens is 432 g/mol. The van der Waals surface area contributed by atoms with Gasteiger partial charge in [0.1, 0.15) is 33.9 Å². The summed E-state index contributed by atoms with van der Waals surface area (Å²) >= 11 is 0. The van der Waals surface area contributed by atoms with Crippen molar-refractivity contribution in [1.82, 2.24) is 24.5 Å². The summed E-state index contributed by atoms with van der Waals surface area (Å²) < 4.78 is 33.0. The van der Waals surface area contributed by atoms with E-state index in [4.69, 9.17) is 14.2 Å². The van der Waals surface area contributed by atoms with Crippen LogP contribution in [0.3, 0.4) is 0 Å². The van der Waals surface area contributed by atoms with Gasteiger partial charge in [-0.15, -0.1) is 0 Å². The number of ether oxygens (including phenoxy) is 3. The Labute approximate surface area is 187 Å². The van der Waals surface area contributed by atoms with Gasteiger partial charge in [-0.1, -0.05) is 12.1 Å². The maximum absolute atomic E-state index is 11.7. The van der Waals surface area contributed by atoms with Crippen molar-refractivity contribution in [2.45, 2.75) is 6.92 Å². The molecule has 3 heterocycles. The van der Waals surface area contributed by atoms with Crippen LogP contribution >= 0.6 is 0 Å². The lowest BCUT2D eigenvalue weighted by Crippen LogP contribution is -2.07. The number of nitrogens with one attached hydrogen (secondary N) is 1. The maximum atomic E-state index is 11.7. The van der Waals surface area contributed by atoms with Crippen LogP contribution in [-0.2, 0) is 11.0 Å². The number of rotatable bonds is 8. The van der Waals surface area contributed by atoms with E-state index in [2.05, 4.69) is 24.7 Å². The molecule has 0 saturated heterocycles. The van der Waals surface area contributed by atoms with Crippen molar-refractivity contribution in [1.29, 1.82) is 0 Å². The van der Waals surface area contributed by atoms with Crippen LogP contribution < -0.4 is 18.9 Å². The lowest BCUT2D eigenvalue weighted by molar-refractivity contribution is 0.327. The van der Waals surface area contributed by atoms with Gasteiger partial charge in [-0.3, -0.25) is 9.29 Å². The van der Waals surface area contributed by atoms with Crippen molar-refractivity contribution in [3.63, 3.8) is 0 Å². The molecule has 0 saturated carbocycles. The van der Waals surface area contributed by atoms with Crippen molar-refractivity contribution in [3.05, 3.63) is 42.6 Å². The zero-order chi connectivity index (χ0) is 22.7. The number of pyridine rings is 1. The zero-order valence-corrected chi connectivity index (χ0v) is 18.8. The number of imidazole rings is 1. The summed E-state index contributed by atoms with van der Waals surface area (Å²) in [6.07, 6.45) is 3.00. The topological polar surface area (TPSA) is 113 Å². The molecule has 1 N–H and O–H groups in total. The van der Waals surface area contributed by atoms with Gasteiger partial charge in [0.25, 0.3) is 0 Å². The molecule has 3 aromatic heterocycles. The minimum atomic E-state index is -1.32. The van der Waals surface area contributed by atoms with Crippen molar-refractivity contribution in [2.75, 3.05) is 31.8 Å². The first-order valence-corrected chi connectivity index (χ1v) is 11.3. The summed E-state index contributed by atoms with van der Waals surface area (Å²) in [4.78, 5) is 18.3. The van der Waals surface area contributed by atoms with E-state index < -0.39 is 11.0 Å². The Morgan fingerprint density at radius 2 is 1.75 bits per heavy atom. The Kier molecular flexibility index (Phi) is 6.17. The van der Waals surface area contributed by atoms with E-state index in [1.807, 2.05) is 37.3 Å². The molecule has 0 aliphatic carbocycles. The summed E-state index contributed by atoms with van der Waals surface area (Å²) in [7, 11) is 1.83. The van der Waals surface area contributed by atoms with Gasteiger partial charge in [-0.25, -0.2) is 24.1 Å². The van der Waals surface area contributed by atoms with Gasteiger partial charge in [0.2, 0.25) is 5.88 Å². The van der Waals surface area contributed by atoms with E-state index in [0.717, 1.165) is 0 Å². The second kappa shape index (κ2) is 9.18. The van der Waals surface area contributed by atoms with Crippen molar-refractivity contribution in [3.8, 4) is 34.6 Å². The molecule has 0 fully saturated rings. The molecule has 0 spiro atoms. The fourth-order valence-electron chi connectivity index (χ4n) is 3.25. The SMILES string of the molecule is CCOc1cccc(-c2nc3ncc(NS(C)=O)nc3n2-c2c(OC)cccc2OC)n1. The van der Waals surface area contributed by atoms with Crippen LogP contribution in [-0.4, -0.2) is 55.8 Å². The highest BCUT2D eigenvalue weighted by molar-refractivity contribution is 7.85. The second-order valence-electron chi connectivity index (χ2n) is 6.53. The summed E-state index contributed by atoms with van der Waals surface area (Å²) in [5, 5.41) is 0. The van der Waals surface area contributed by atoms with Crippen LogP contribution in [0.15, 0.2) is 42.6 Å². The summed E-state index contributed by atoms with van der Waals surface area (Å²) in [6, 6.07) is 10.9. The van der Waals surface area contributed by atoms with E-state index in [-0.39, 0.29) is 0 Å².